The number of hydrogen-bond acceptors (Lipinski definition) is 5. The Labute approximate surface area is 119 Å². The number of rotatable bonds is 4. The Morgan fingerprint density at radius 2 is 2.00 bits per heavy atom. The molecular formula is C12H11NO5S2. The number of carboxylic acids is 1. The van der Waals surface area contributed by atoms with E-state index in [-0.39, 0.29) is 21.2 Å². The maximum Gasteiger partial charge on any atom is 0.336 e. The number of nitrogens with one attached hydrogen (secondary N) is 1. The highest BCUT2D eigenvalue weighted by molar-refractivity contribution is 7.94. The first-order valence-electron chi connectivity index (χ1n) is 5.44. The Hall–Kier alpha value is -2.06. The van der Waals surface area contributed by atoms with Gasteiger partial charge in [0.15, 0.2) is 0 Å². The molecule has 0 aliphatic heterocycles. The molecule has 3 N–H and O–H groups in total. The molecule has 0 fully saturated rings. The smallest absolute Gasteiger partial charge is 0.336 e. The van der Waals surface area contributed by atoms with Gasteiger partial charge in [0.25, 0.3) is 10.0 Å². The summed E-state index contributed by atoms with van der Waals surface area (Å²) < 4.78 is 26.3. The van der Waals surface area contributed by atoms with Gasteiger partial charge in [-0.25, -0.2) is 13.2 Å². The van der Waals surface area contributed by atoms with Crippen LogP contribution in [0.25, 0.3) is 0 Å². The standard InChI is InChI=1S/C12H11NO5S2/c1-7-2-3-9(5-10(7)14)13-20(17,18)11-4-8(6-19-11)12(15)16/h2-6,13-14H,1H3,(H,15,16). The van der Waals surface area contributed by atoms with E-state index in [0.29, 0.717) is 5.56 Å². The highest BCUT2D eigenvalue weighted by Crippen LogP contribution is 2.26. The lowest BCUT2D eigenvalue weighted by molar-refractivity contribution is 0.0697. The van der Waals surface area contributed by atoms with Crippen LogP contribution >= 0.6 is 11.3 Å². The van der Waals surface area contributed by atoms with Crippen LogP contribution in [0.15, 0.2) is 33.9 Å². The van der Waals surface area contributed by atoms with Gasteiger partial charge in [0.1, 0.15) is 9.96 Å². The predicted molar refractivity (Wildman–Crippen MR) is 74.9 cm³/mol. The van der Waals surface area contributed by atoms with Gasteiger partial charge in [-0.2, -0.15) is 0 Å². The monoisotopic (exact) mass is 313 g/mol. The summed E-state index contributed by atoms with van der Waals surface area (Å²) in [5.41, 5.74) is 0.748. The fourth-order valence-electron chi connectivity index (χ4n) is 1.45. The SMILES string of the molecule is Cc1ccc(NS(=O)(=O)c2cc(C(=O)O)cs2)cc1O. The van der Waals surface area contributed by atoms with Crippen LogP contribution in [0.3, 0.4) is 0 Å². The third-order valence-electron chi connectivity index (χ3n) is 2.55. The molecule has 1 heterocycles. The largest absolute Gasteiger partial charge is 0.508 e. The lowest BCUT2D eigenvalue weighted by Gasteiger charge is -2.07. The normalized spacial score (nSPS) is 11.2. The van der Waals surface area contributed by atoms with E-state index in [1.54, 1.807) is 13.0 Å². The molecule has 0 aliphatic carbocycles. The van der Waals surface area contributed by atoms with Crippen molar-refractivity contribution in [1.82, 2.24) is 0 Å². The van der Waals surface area contributed by atoms with Crippen molar-refractivity contribution in [3.05, 3.63) is 40.8 Å². The van der Waals surface area contributed by atoms with Crippen LogP contribution in [-0.2, 0) is 10.0 Å². The van der Waals surface area contributed by atoms with Crippen LogP contribution < -0.4 is 4.72 Å². The molecule has 0 amide bonds. The van der Waals surface area contributed by atoms with Crippen LogP contribution in [0.5, 0.6) is 5.75 Å². The average molecular weight is 313 g/mol. The summed E-state index contributed by atoms with van der Waals surface area (Å²) in [5, 5.41) is 19.6. The van der Waals surface area contributed by atoms with Crippen molar-refractivity contribution in [2.45, 2.75) is 11.1 Å². The average Bonchev–Trinajstić information content (AvgIpc) is 2.84. The number of hydrogen-bond donors (Lipinski definition) is 3. The van der Waals surface area contributed by atoms with Gasteiger partial charge < -0.3 is 10.2 Å². The molecule has 106 valence electrons. The van der Waals surface area contributed by atoms with Crippen molar-refractivity contribution in [2.24, 2.45) is 0 Å². The van der Waals surface area contributed by atoms with Gasteiger partial charge in [0.05, 0.1) is 11.3 Å². The van der Waals surface area contributed by atoms with Crippen LogP contribution in [-0.4, -0.2) is 24.6 Å². The van der Waals surface area contributed by atoms with E-state index in [1.165, 1.54) is 17.5 Å². The van der Waals surface area contributed by atoms with E-state index < -0.39 is 16.0 Å². The fraction of sp³-hybridized carbons (Fsp3) is 0.0833. The zero-order chi connectivity index (χ0) is 14.9. The number of aromatic hydroxyl groups is 1. The number of carboxylic acid groups (broad SMARTS) is 1. The maximum absolute atomic E-state index is 12.1. The molecule has 1 aromatic carbocycles. The van der Waals surface area contributed by atoms with Crippen LogP contribution in [0, 0.1) is 6.92 Å². The van der Waals surface area contributed by atoms with Crippen LogP contribution in [0.4, 0.5) is 5.69 Å². The zero-order valence-electron chi connectivity index (χ0n) is 10.3. The Morgan fingerprint density at radius 1 is 1.30 bits per heavy atom. The minimum Gasteiger partial charge on any atom is -0.508 e. The van der Waals surface area contributed by atoms with E-state index in [9.17, 15) is 18.3 Å². The predicted octanol–water partition coefficient (Wildman–Crippen LogP) is 2.26. The Bertz CT molecular complexity index is 764. The quantitative estimate of drug-likeness (QED) is 0.803. The van der Waals surface area contributed by atoms with Gasteiger partial charge in [0.2, 0.25) is 0 Å². The van der Waals surface area contributed by atoms with Crippen molar-refractivity contribution < 1.29 is 23.4 Å². The van der Waals surface area contributed by atoms with E-state index in [0.717, 1.165) is 17.4 Å². The highest BCUT2D eigenvalue weighted by Gasteiger charge is 2.19. The van der Waals surface area contributed by atoms with E-state index in [2.05, 4.69) is 4.72 Å². The molecule has 0 saturated carbocycles. The van der Waals surface area contributed by atoms with Gasteiger partial charge in [-0.15, -0.1) is 11.3 Å². The van der Waals surface area contributed by atoms with Crippen LogP contribution in [0.1, 0.15) is 15.9 Å². The second-order valence-corrected chi connectivity index (χ2v) is 6.89. The molecule has 1 aromatic heterocycles. The zero-order valence-corrected chi connectivity index (χ0v) is 12.0. The van der Waals surface area contributed by atoms with E-state index in [4.69, 9.17) is 5.11 Å². The number of phenolic OH excluding ortho intramolecular Hbond substituents is 1. The minimum atomic E-state index is -3.86. The Balaban J connectivity index is 2.30. The molecule has 0 radical (unpaired) electrons. The topological polar surface area (TPSA) is 104 Å². The van der Waals surface area contributed by atoms with E-state index >= 15 is 0 Å². The van der Waals surface area contributed by atoms with Crippen molar-refractivity contribution >= 4 is 33.0 Å². The number of thiophene rings is 1. The molecule has 0 spiro atoms. The molecule has 8 heteroatoms. The summed E-state index contributed by atoms with van der Waals surface area (Å²) in [5.74, 6) is -1.21. The Morgan fingerprint density at radius 3 is 2.55 bits per heavy atom. The first kappa shape index (κ1) is 14.4. The van der Waals surface area contributed by atoms with Gasteiger partial charge in [-0.1, -0.05) is 6.07 Å². The first-order chi connectivity index (χ1) is 9.29. The maximum atomic E-state index is 12.1. The molecule has 0 bridgehead atoms. The minimum absolute atomic E-state index is 0.0254. The van der Waals surface area contributed by atoms with E-state index in [1.807, 2.05) is 0 Å². The lowest BCUT2D eigenvalue weighted by atomic mass is 10.2. The lowest BCUT2D eigenvalue weighted by Crippen LogP contribution is -2.11. The van der Waals surface area contributed by atoms with Gasteiger partial charge in [-0.05, 0) is 24.6 Å². The number of aryl methyl sites for hydroxylation is 1. The van der Waals surface area contributed by atoms with Crippen molar-refractivity contribution in [3.63, 3.8) is 0 Å². The molecule has 2 rings (SSSR count). The highest BCUT2D eigenvalue weighted by atomic mass is 32.2. The number of anilines is 1. The second-order valence-electron chi connectivity index (χ2n) is 4.07. The molecule has 0 aliphatic rings. The summed E-state index contributed by atoms with van der Waals surface area (Å²) in [6, 6.07) is 5.46. The molecular weight excluding hydrogens is 302 g/mol. The van der Waals surface area contributed by atoms with Gasteiger partial charge in [-0.3, -0.25) is 4.72 Å². The Kier molecular flexibility index (Phi) is 3.69. The number of phenols is 1. The molecule has 2 aromatic rings. The fourth-order valence-corrected chi connectivity index (χ4v) is 3.65. The second kappa shape index (κ2) is 5.14. The third kappa shape index (κ3) is 2.91. The molecule has 20 heavy (non-hydrogen) atoms. The van der Waals surface area contributed by atoms with Gasteiger partial charge in [0, 0.05) is 11.4 Å². The van der Waals surface area contributed by atoms with Crippen molar-refractivity contribution in [3.8, 4) is 5.75 Å². The number of benzene rings is 1. The summed E-state index contributed by atoms with van der Waals surface area (Å²) in [6.07, 6.45) is 0. The van der Waals surface area contributed by atoms with Crippen molar-refractivity contribution in [1.29, 1.82) is 0 Å². The molecule has 0 unspecified atom stereocenters. The molecule has 6 nitrogen and oxygen atoms in total. The number of aromatic carboxylic acids is 1. The summed E-state index contributed by atoms with van der Waals surface area (Å²) in [7, 11) is -3.86. The van der Waals surface area contributed by atoms with Gasteiger partial charge >= 0.3 is 5.97 Å². The number of carbonyl (C=O) groups is 1. The summed E-state index contributed by atoms with van der Waals surface area (Å²) in [4.78, 5) is 10.7. The molecule has 0 saturated heterocycles. The third-order valence-corrected chi connectivity index (χ3v) is 5.37. The van der Waals surface area contributed by atoms with Crippen molar-refractivity contribution in [2.75, 3.05) is 4.72 Å². The van der Waals surface area contributed by atoms with Crippen LogP contribution in [0.2, 0.25) is 0 Å². The number of sulfonamides is 1. The summed E-state index contributed by atoms with van der Waals surface area (Å²) in [6.45, 7) is 1.69. The molecule has 0 atom stereocenters. The first-order valence-corrected chi connectivity index (χ1v) is 7.80. The summed E-state index contributed by atoms with van der Waals surface area (Å²) >= 11 is 0.818.